The molecule has 0 amide bonds. The van der Waals surface area contributed by atoms with Crippen molar-refractivity contribution in [3.63, 3.8) is 0 Å². The van der Waals surface area contributed by atoms with Crippen molar-refractivity contribution in [1.29, 1.82) is 0 Å². The molecule has 0 radical (unpaired) electrons. The highest BCUT2D eigenvalue weighted by atomic mass is 32.2. The van der Waals surface area contributed by atoms with Gasteiger partial charge in [0, 0.05) is 18.7 Å². The van der Waals surface area contributed by atoms with E-state index in [4.69, 9.17) is 0 Å². The molecule has 0 bridgehead atoms. The Kier molecular flexibility index (Phi) is 4.48. The first-order valence-electron chi connectivity index (χ1n) is 7.12. The van der Waals surface area contributed by atoms with E-state index in [0.717, 1.165) is 12.1 Å². The number of nitrogens with zero attached hydrogens (tertiary/aromatic N) is 5. The minimum absolute atomic E-state index is 0.0560. The summed E-state index contributed by atoms with van der Waals surface area (Å²) in [5.74, 6) is -2.49. The average molecular weight is 389 g/mol. The fourth-order valence-corrected chi connectivity index (χ4v) is 3.49. The van der Waals surface area contributed by atoms with E-state index in [1.807, 2.05) is 0 Å². The number of hydrogen-bond donors (Lipinski definition) is 0. The van der Waals surface area contributed by atoms with E-state index in [-0.39, 0.29) is 21.5 Å². The normalized spacial score (nSPS) is 13.3. The van der Waals surface area contributed by atoms with E-state index < -0.39 is 40.2 Å². The number of aromatic nitrogens is 5. The molecule has 0 N–H and O–H groups in total. The van der Waals surface area contributed by atoms with Crippen LogP contribution in [0.2, 0.25) is 0 Å². The van der Waals surface area contributed by atoms with Gasteiger partial charge in [-0.1, -0.05) is 5.21 Å². The van der Waals surface area contributed by atoms with Crippen LogP contribution in [0.5, 0.6) is 0 Å². The summed E-state index contributed by atoms with van der Waals surface area (Å²) in [7, 11) is 1.53. The summed E-state index contributed by atoms with van der Waals surface area (Å²) in [4.78, 5) is 12.2. The van der Waals surface area contributed by atoms with Crippen LogP contribution < -0.4 is 5.56 Å². The summed E-state index contributed by atoms with van der Waals surface area (Å²) < 4.78 is 65.8. The van der Waals surface area contributed by atoms with Crippen molar-refractivity contribution in [3.8, 4) is 5.69 Å². The molecule has 138 valence electrons. The van der Waals surface area contributed by atoms with Gasteiger partial charge < -0.3 is 4.55 Å². The van der Waals surface area contributed by atoms with Gasteiger partial charge in [-0.3, -0.25) is 4.79 Å². The quantitative estimate of drug-likeness (QED) is 0.502. The standard InChI is InChI=1S/C14H11F4N5O2S/c1-7-3-9(15)10(4-11(7)26(25)6-14(16,17)18)23-13(24)8-5-19-22(2)12(8)20-21-23/h3-5H,6H2,1-2H3. The van der Waals surface area contributed by atoms with E-state index in [1.54, 1.807) is 0 Å². The van der Waals surface area contributed by atoms with E-state index in [2.05, 4.69) is 15.4 Å². The van der Waals surface area contributed by atoms with Crippen molar-refractivity contribution in [2.45, 2.75) is 18.0 Å². The summed E-state index contributed by atoms with van der Waals surface area (Å²) in [5.41, 5.74) is -0.959. The maximum absolute atomic E-state index is 14.3. The first-order valence-corrected chi connectivity index (χ1v) is 8.44. The molecule has 2 aromatic heterocycles. The lowest BCUT2D eigenvalue weighted by Crippen LogP contribution is -2.26. The number of aryl methyl sites for hydroxylation is 2. The minimum Gasteiger partial charge on any atom is -0.611 e. The molecule has 0 saturated carbocycles. The third kappa shape index (κ3) is 3.29. The fourth-order valence-electron chi connectivity index (χ4n) is 2.38. The number of benzene rings is 1. The molecule has 0 aliphatic heterocycles. The van der Waals surface area contributed by atoms with E-state index in [1.165, 1.54) is 24.9 Å². The maximum atomic E-state index is 14.3. The fraction of sp³-hybridized carbons (Fsp3) is 0.286. The van der Waals surface area contributed by atoms with Crippen molar-refractivity contribution < 1.29 is 22.1 Å². The van der Waals surface area contributed by atoms with Gasteiger partial charge in [0.1, 0.15) is 16.9 Å². The monoisotopic (exact) mass is 389 g/mol. The molecule has 0 saturated heterocycles. The van der Waals surface area contributed by atoms with Crippen LogP contribution in [0.3, 0.4) is 0 Å². The molecule has 1 unspecified atom stereocenters. The van der Waals surface area contributed by atoms with E-state index in [0.29, 0.717) is 4.68 Å². The maximum Gasteiger partial charge on any atom is 0.433 e. The highest BCUT2D eigenvalue weighted by Crippen LogP contribution is 2.27. The van der Waals surface area contributed by atoms with Gasteiger partial charge in [0.05, 0.1) is 6.20 Å². The second-order valence-corrected chi connectivity index (χ2v) is 6.91. The van der Waals surface area contributed by atoms with E-state index >= 15 is 0 Å². The second kappa shape index (κ2) is 6.36. The summed E-state index contributed by atoms with van der Waals surface area (Å²) in [5, 5.41) is 11.3. The van der Waals surface area contributed by atoms with Crippen molar-refractivity contribution in [3.05, 3.63) is 40.1 Å². The summed E-state index contributed by atoms with van der Waals surface area (Å²) >= 11 is -2.46. The first-order chi connectivity index (χ1) is 12.1. The van der Waals surface area contributed by atoms with Crippen molar-refractivity contribution in [1.82, 2.24) is 24.8 Å². The number of hydrogen-bond acceptors (Lipinski definition) is 5. The zero-order valence-corrected chi connectivity index (χ0v) is 14.2. The zero-order valence-electron chi connectivity index (χ0n) is 13.4. The van der Waals surface area contributed by atoms with Crippen molar-refractivity contribution in [2.75, 3.05) is 5.75 Å². The van der Waals surface area contributed by atoms with Gasteiger partial charge in [-0.25, -0.2) is 9.07 Å². The Labute approximate surface area is 146 Å². The summed E-state index contributed by atoms with van der Waals surface area (Å²) in [6.07, 6.45) is -3.44. The lowest BCUT2D eigenvalue weighted by Gasteiger charge is -2.16. The third-order valence-corrected chi connectivity index (χ3v) is 5.09. The molecule has 3 rings (SSSR count). The average Bonchev–Trinajstić information content (AvgIpc) is 2.89. The first kappa shape index (κ1) is 18.3. The van der Waals surface area contributed by atoms with Crippen LogP contribution in [-0.2, 0) is 18.2 Å². The molecule has 26 heavy (non-hydrogen) atoms. The van der Waals surface area contributed by atoms with Gasteiger partial charge in [0.25, 0.3) is 5.56 Å². The van der Waals surface area contributed by atoms with Gasteiger partial charge in [-0.05, 0) is 24.2 Å². The number of halogens is 4. The molecule has 1 aromatic carbocycles. The van der Waals surface area contributed by atoms with Gasteiger partial charge in [0.15, 0.2) is 10.5 Å². The number of fused-ring (bicyclic) bond motifs is 1. The molecule has 1 atom stereocenters. The smallest absolute Gasteiger partial charge is 0.433 e. The van der Waals surface area contributed by atoms with E-state index in [9.17, 15) is 26.9 Å². The highest BCUT2D eigenvalue weighted by Gasteiger charge is 2.36. The zero-order chi connectivity index (χ0) is 19.2. The Balaban J connectivity index is 2.15. The van der Waals surface area contributed by atoms with Gasteiger partial charge in [0.2, 0.25) is 5.75 Å². The highest BCUT2D eigenvalue weighted by molar-refractivity contribution is 7.91. The lowest BCUT2D eigenvalue weighted by atomic mass is 10.2. The van der Waals surface area contributed by atoms with Gasteiger partial charge in [-0.15, -0.1) is 5.10 Å². The Hall–Kier alpha value is -2.47. The topological polar surface area (TPSA) is 88.7 Å². The molecular formula is C14H11F4N5O2S. The van der Waals surface area contributed by atoms with Crippen molar-refractivity contribution >= 4 is 22.2 Å². The largest absolute Gasteiger partial charge is 0.611 e. The predicted molar refractivity (Wildman–Crippen MR) is 83.9 cm³/mol. The van der Waals surface area contributed by atoms with Crippen LogP contribution in [0.15, 0.2) is 28.0 Å². The van der Waals surface area contributed by atoms with Crippen LogP contribution in [0.25, 0.3) is 16.7 Å². The van der Waals surface area contributed by atoms with Gasteiger partial charge in [-0.2, -0.15) is 23.0 Å². The van der Waals surface area contributed by atoms with Crippen molar-refractivity contribution in [2.24, 2.45) is 7.05 Å². The van der Waals surface area contributed by atoms with Crippen LogP contribution >= 0.6 is 0 Å². The summed E-state index contributed by atoms with van der Waals surface area (Å²) in [6, 6.07) is 1.82. The molecule has 0 aliphatic rings. The Morgan fingerprint density at radius 2 is 2.00 bits per heavy atom. The number of alkyl halides is 3. The van der Waals surface area contributed by atoms with Crippen LogP contribution in [-0.4, -0.2) is 41.3 Å². The molecule has 12 heteroatoms. The minimum atomic E-state index is -4.66. The Morgan fingerprint density at radius 3 is 2.65 bits per heavy atom. The van der Waals surface area contributed by atoms with Crippen LogP contribution in [0, 0.1) is 12.7 Å². The Morgan fingerprint density at radius 1 is 1.31 bits per heavy atom. The molecule has 2 heterocycles. The molecule has 3 aromatic rings. The van der Waals surface area contributed by atoms with Crippen LogP contribution in [0.1, 0.15) is 5.56 Å². The van der Waals surface area contributed by atoms with Gasteiger partial charge >= 0.3 is 6.18 Å². The Bertz CT molecular complexity index is 1050. The summed E-state index contributed by atoms with van der Waals surface area (Å²) in [6.45, 7) is 1.33. The molecule has 7 nitrogen and oxygen atoms in total. The third-order valence-electron chi connectivity index (χ3n) is 3.57. The SMILES string of the molecule is Cc1cc(F)c(-n2nnc3c(cnn3C)c2=O)cc1[S+]([O-])CC(F)(F)F. The predicted octanol–water partition coefficient (Wildman–Crippen LogP) is 1.63. The molecule has 0 aliphatic carbocycles. The second-order valence-electron chi connectivity index (χ2n) is 5.49. The molecule has 0 spiro atoms. The molecule has 0 fully saturated rings. The lowest BCUT2D eigenvalue weighted by molar-refractivity contribution is -0.106. The van der Waals surface area contributed by atoms with Crippen LogP contribution in [0.4, 0.5) is 17.6 Å². The number of rotatable bonds is 3. The molecular weight excluding hydrogens is 378 g/mol.